The van der Waals surface area contributed by atoms with Gasteiger partial charge in [-0.1, -0.05) is 32.0 Å². The van der Waals surface area contributed by atoms with E-state index in [1.165, 1.54) is 16.7 Å². The van der Waals surface area contributed by atoms with Crippen LogP contribution >= 0.6 is 0 Å². The Balaban J connectivity index is 2.21. The fraction of sp³-hybridized carbons (Fsp3) is 0.286. The maximum Gasteiger partial charge on any atom is 0.152 e. The molecule has 0 aliphatic rings. The Labute approximate surface area is 137 Å². The quantitative estimate of drug-likeness (QED) is 0.609. The zero-order valence-corrected chi connectivity index (χ0v) is 14.2. The van der Waals surface area contributed by atoms with Gasteiger partial charge in [-0.2, -0.15) is 0 Å². The van der Waals surface area contributed by atoms with Crippen molar-refractivity contribution in [3.05, 3.63) is 58.7 Å². The first kappa shape index (κ1) is 15.5. The first-order valence-electron chi connectivity index (χ1n) is 8.23. The van der Waals surface area contributed by atoms with Gasteiger partial charge in [0.25, 0.3) is 0 Å². The fourth-order valence-electron chi connectivity index (χ4n) is 3.02. The van der Waals surface area contributed by atoms with Crippen molar-refractivity contribution < 1.29 is 4.79 Å². The average molecular weight is 305 g/mol. The lowest BCUT2D eigenvalue weighted by atomic mass is 9.96. The van der Waals surface area contributed by atoms with Crippen molar-refractivity contribution in [1.29, 1.82) is 0 Å². The average Bonchev–Trinajstić information content (AvgIpc) is 2.94. The van der Waals surface area contributed by atoms with Gasteiger partial charge in [0, 0.05) is 16.5 Å². The topological polar surface area (TPSA) is 32.9 Å². The molecular formula is C21H23NO. The molecule has 3 rings (SSSR count). The van der Waals surface area contributed by atoms with E-state index in [9.17, 15) is 4.79 Å². The highest BCUT2D eigenvalue weighted by atomic mass is 16.1. The molecule has 0 saturated carbocycles. The molecule has 0 fully saturated rings. The van der Waals surface area contributed by atoms with Crippen LogP contribution in [0.3, 0.4) is 0 Å². The maximum absolute atomic E-state index is 11.8. The Morgan fingerprint density at radius 1 is 1.09 bits per heavy atom. The molecule has 23 heavy (non-hydrogen) atoms. The Hall–Kier alpha value is -2.35. The van der Waals surface area contributed by atoms with E-state index in [4.69, 9.17) is 0 Å². The van der Waals surface area contributed by atoms with Crippen LogP contribution in [-0.4, -0.2) is 11.3 Å². The fourth-order valence-corrected chi connectivity index (χ4v) is 3.02. The first-order chi connectivity index (χ1) is 11.0. The van der Waals surface area contributed by atoms with Gasteiger partial charge in [-0.15, -0.1) is 0 Å². The molecule has 0 aliphatic heterocycles. The van der Waals surface area contributed by atoms with Crippen LogP contribution in [0.25, 0.3) is 22.2 Å². The number of aromatic amines is 1. The Bertz CT molecular complexity index is 873. The number of fused-ring (bicyclic) bond motifs is 1. The number of rotatable bonds is 4. The van der Waals surface area contributed by atoms with Gasteiger partial charge in [0.1, 0.15) is 0 Å². The summed E-state index contributed by atoms with van der Waals surface area (Å²) < 4.78 is 0. The van der Waals surface area contributed by atoms with Gasteiger partial charge >= 0.3 is 0 Å². The van der Waals surface area contributed by atoms with Crippen molar-refractivity contribution in [1.82, 2.24) is 4.98 Å². The third kappa shape index (κ3) is 2.70. The second-order valence-corrected chi connectivity index (χ2v) is 6.44. The molecule has 1 heterocycles. The van der Waals surface area contributed by atoms with Crippen LogP contribution in [0.4, 0.5) is 0 Å². The van der Waals surface area contributed by atoms with Crippen molar-refractivity contribution in [3.8, 4) is 11.3 Å². The van der Waals surface area contributed by atoms with Gasteiger partial charge < -0.3 is 4.98 Å². The van der Waals surface area contributed by atoms with Crippen molar-refractivity contribution in [2.75, 3.05) is 0 Å². The normalized spacial score (nSPS) is 12.5. The van der Waals surface area contributed by atoms with Crippen LogP contribution in [0.1, 0.15) is 53.2 Å². The molecule has 0 spiro atoms. The number of aryl methyl sites for hydroxylation is 2. The molecular weight excluding hydrogens is 282 g/mol. The van der Waals surface area contributed by atoms with E-state index in [0.717, 1.165) is 40.4 Å². The number of hydrogen-bond donors (Lipinski definition) is 1. The first-order valence-corrected chi connectivity index (χ1v) is 8.23. The smallest absolute Gasteiger partial charge is 0.152 e. The monoisotopic (exact) mass is 305 g/mol. The number of aromatic nitrogens is 1. The number of carbonyl (C=O) groups excluding carboxylic acids is 1. The van der Waals surface area contributed by atoms with Crippen LogP contribution in [0.2, 0.25) is 0 Å². The number of H-pyrrole nitrogens is 1. The van der Waals surface area contributed by atoms with Gasteiger partial charge in [0.15, 0.2) is 6.29 Å². The van der Waals surface area contributed by atoms with E-state index in [1.54, 1.807) is 0 Å². The molecule has 0 saturated heterocycles. The number of aldehydes is 1. The third-order valence-electron chi connectivity index (χ3n) is 4.96. The summed E-state index contributed by atoms with van der Waals surface area (Å²) in [5.41, 5.74) is 7.54. The second-order valence-electron chi connectivity index (χ2n) is 6.44. The predicted octanol–water partition coefficient (Wildman–Crippen LogP) is 5.78. The highest BCUT2D eigenvalue weighted by molar-refractivity contribution is 6.04. The number of hydrogen-bond acceptors (Lipinski definition) is 1. The number of benzene rings is 2. The third-order valence-corrected chi connectivity index (χ3v) is 4.96. The number of carbonyl (C=O) groups is 1. The molecule has 1 N–H and O–H groups in total. The minimum atomic E-state index is 0.499. The van der Waals surface area contributed by atoms with Crippen molar-refractivity contribution in [2.24, 2.45) is 0 Å². The van der Waals surface area contributed by atoms with E-state index < -0.39 is 0 Å². The molecule has 1 unspecified atom stereocenters. The Kier molecular flexibility index (Phi) is 4.08. The lowest BCUT2D eigenvalue weighted by Crippen LogP contribution is -1.91. The van der Waals surface area contributed by atoms with Gasteiger partial charge in [-0.05, 0) is 66.6 Å². The molecule has 2 heteroatoms. The summed E-state index contributed by atoms with van der Waals surface area (Å²) in [6.07, 6.45) is 2.07. The number of nitrogens with one attached hydrogen (secondary N) is 1. The SMILES string of the molecule is CCC(C)c1ccc2[nH]c(-c3ccc(C)c(C)c3)c(C=O)c2c1. The molecule has 0 bridgehead atoms. The summed E-state index contributed by atoms with van der Waals surface area (Å²) in [4.78, 5) is 15.2. The summed E-state index contributed by atoms with van der Waals surface area (Å²) in [7, 11) is 0. The van der Waals surface area contributed by atoms with Crippen LogP contribution in [-0.2, 0) is 0 Å². The van der Waals surface area contributed by atoms with Crippen molar-refractivity contribution in [2.45, 2.75) is 40.0 Å². The lowest BCUT2D eigenvalue weighted by molar-refractivity contribution is 0.112. The largest absolute Gasteiger partial charge is 0.354 e. The van der Waals surface area contributed by atoms with Gasteiger partial charge in [0.05, 0.1) is 5.69 Å². The second kappa shape index (κ2) is 6.04. The molecule has 1 aromatic heterocycles. The summed E-state index contributed by atoms with van der Waals surface area (Å²) in [6.45, 7) is 8.61. The van der Waals surface area contributed by atoms with Crippen LogP contribution in [0, 0.1) is 13.8 Å². The molecule has 2 nitrogen and oxygen atoms in total. The zero-order chi connectivity index (χ0) is 16.6. The maximum atomic E-state index is 11.8. The van der Waals surface area contributed by atoms with Crippen molar-refractivity contribution >= 4 is 17.2 Å². The van der Waals surface area contributed by atoms with E-state index in [0.29, 0.717) is 5.92 Å². The Morgan fingerprint density at radius 2 is 1.87 bits per heavy atom. The molecule has 0 amide bonds. The van der Waals surface area contributed by atoms with Crippen LogP contribution < -0.4 is 0 Å². The van der Waals surface area contributed by atoms with E-state index in [2.05, 4.69) is 69.1 Å². The van der Waals surface area contributed by atoms with Gasteiger partial charge in [0.2, 0.25) is 0 Å². The molecule has 2 aromatic carbocycles. The Morgan fingerprint density at radius 3 is 2.52 bits per heavy atom. The highest BCUT2D eigenvalue weighted by Crippen LogP contribution is 2.32. The van der Waals surface area contributed by atoms with E-state index in [-0.39, 0.29) is 0 Å². The summed E-state index contributed by atoms with van der Waals surface area (Å²) >= 11 is 0. The minimum Gasteiger partial charge on any atom is -0.354 e. The van der Waals surface area contributed by atoms with Gasteiger partial charge in [-0.3, -0.25) is 4.79 Å². The minimum absolute atomic E-state index is 0.499. The van der Waals surface area contributed by atoms with E-state index >= 15 is 0 Å². The lowest BCUT2D eigenvalue weighted by Gasteiger charge is -2.08. The van der Waals surface area contributed by atoms with Crippen LogP contribution in [0.15, 0.2) is 36.4 Å². The molecule has 0 aliphatic carbocycles. The van der Waals surface area contributed by atoms with Gasteiger partial charge in [-0.25, -0.2) is 0 Å². The van der Waals surface area contributed by atoms with E-state index in [1.807, 2.05) is 0 Å². The highest BCUT2D eigenvalue weighted by Gasteiger charge is 2.14. The summed E-state index contributed by atoms with van der Waals surface area (Å²) in [5, 5.41) is 1.02. The molecule has 118 valence electrons. The standard InChI is InChI=1S/C21H23NO/c1-5-13(2)16-8-9-20-18(11-16)19(12-23)21(22-20)17-7-6-14(3)15(4)10-17/h6-13,22H,5H2,1-4H3. The summed E-state index contributed by atoms with van der Waals surface area (Å²) in [6, 6.07) is 12.7. The van der Waals surface area contributed by atoms with Crippen LogP contribution in [0.5, 0.6) is 0 Å². The summed E-state index contributed by atoms with van der Waals surface area (Å²) in [5.74, 6) is 0.499. The zero-order valence-electron chi connectivity index (χ0n) is 14.2. The predicted molar refractivity (Wildman–Crippen MR) is 97.3 cm³/mol. The van der Waals surface area contributed by atoms with Crippen molar-refractivity contribution in [3.63, 3.8) is 0 Å². The molecule has 0 radical (unpaired) electrons. The molecule has 3 aromatic rings. The molecule has 1 atom stereocenters.